The third kappa shape index (κ3) is 5.59. The molecule has 122 valence electrons. The van der Waals surface area contributed by atoms with Crippen LogP contribution in [0, 0.1) is 0 Å². The van der Waals surface area contributed by atoms with Crippen LogP contribution < -0.4 is 4.74 Å². The molecule has 0 amide bonds. The summed E-state index contributed by atoms with van der Waals surface area (Å²) in [6, 6.07) is 15.7. The summed E-state index contributed by atoms with van der Waals surface area (Å²) in [5.41, 5.74) is 1.99. The maximum absolute atomic E-state index is 11.9. The normalized spacial score (nSPS) is 13.2. The van der Waals surface area contributed by atoms with Crippen LogP contribution in [-0.4, -0.2) is 15.2 Å². The second-order valence-electron chi connectivity index (χ2n) is 6.06. The van der Waals surface area contributed by atoms with E-state index in [1.54, 1.807) is 6.21 Å². The first-order chi connectivity index (χ1) is 10.9. The van der Waals surface area contributed by atoms with Crippen molar-refractivity contribution in [3.63, 3.8) is 0 Å². The van der Waals surface area contributed by atoms with Crippen LogP contribution in [0.25, 0.3) is 0 Å². The molecule has 0 aliphatic carbocycles. The molecule has 23 heavy (non-hydrogen) atoms. The minimum absolute atomic E-state index is 0.355. The van der Waals surface area contributed by atoms with Crippen LogP contribution in [0.3, 0.4) is 0 Å². The van der Waals surface area contributed by atoms with Gasteiger partial charge in [-0.1, -0.05) is 30.3 Å². The van der Waals surface area contributed by atoms with Gasteiger partial charge in [0.15, 0.2) is 0 Å². The van der Waals surface area contributed by atoms with Gasteiger partial charge in [-0.25, -0.2) is 4.21 Å². The summed E-state index contributed by atoms with van der Waals surface area (Å²) in [6.07, 6.45) is 1.63. The molecule has 2 aromatic carbocycles. The van der Waals surface area contributed by atoms with E-state index in [1.165, 1.54) is 0 Å². The van der Waals surface area contributed by atoms with Crippen molar-refractivity contribution in [3.05, 3.63) is 64.1 Å². The molecule has 2 rings (SSSR count). The van der Waals surface area contributed by atoms with Gasteiger partial charge in [0.1, 0.15) is 23.3 Å². The topological polar surface area (TPSA) is 38.7 Å². The van der Waals surface area contributed by atoms with Gasteiger partial charge in [0.2, 0.25) is 0 Å². The Balaban J connectivity index is 2.03. The first-order valence-electron chi connectivity index (χ1n) is 7.28. The van der Waals surface area contributed by atoms with Crippen LogP contribution >= 0.6 is 15.9 Å². The van der Waals surface area contributed by atoms with E-state index in [0.717, 1.165) is 21.3 Å². The molecule has 0 unspecified atom stereocenters. The zero-order valence-electron chi connectivity index (χ0n) is 13.5. The van der Waals surface area contributed by atoms with Crippen LogP contribution in [0.4, 0.5) is 0 Å². The molecule has 2 aromatic rings. The lowest BCUT2D eigenvalue weighted by Crippen LogP contribution is -2.19. The third-order valence-electron chi connectivity index (χ3n) is 3.01. The van der Waals surface area contributed by atoms with Gasteiger partial charge >= 0.3 is 0 Å². The van der Waals surface area contributed by atoms with Crippen molar-refractivity contribution < 1.29 is 8.95 Å². The van der Waals surface area contributed by atoms with Gasteiger partial charge in [-0.3, -0.25) is 0 Å². The van der Waals surface area contributed by atoms with Gasteiger partial charge in [0.25, 0.3) is 0 Å². The lowest BCUT2D eigenvalue weighted by molar-refractivity contribution is 0.304. The predicted octanol–water partition coefficient (Wildman–Crippen LogP) is 4.91. The molecule has 0 saturated carbocycles. The molecule has 1 atom stereocenters. The average Bonchev–Trinajstić information content (AvgIpc) is 2.51. The van der Waals surface area contributed by atoms with Crippen LogP contribution in [0.2, 0.25) is 0 Å². The molecule has 0 radical (unpaired) electrons. The number of nitrogens with zero attached hydrogens (tertiary/aromatic N) is 1. The van der Waals surface area contributed by atoms with Crippen molar-refractivity contribution in [1.82, 2.24) is 0 Å². The minimum Gasteiger partial charge on any atom is -0.488 e. The quantitative estimate of drug-likeness (QED) is 0.676. The van der Waals surface area contributed by atoms with Crippen LogP contribution in [0.1, 0.15) is 31.9 Å². The average molecular weight is 394 g/mol. The first-order valence-corrected chi connectivity index (χ1v) is 9.18. The fourth-order valence-corrected chi connectivity index (χ4v) is 2.76. The summed E-state index contributed by atoms with van der Waals surface area (Å²) >= 11 is 3.50. The maximum Gasteiger partial charge on any atom is 0.144 e. The number of benzene rings is 2. The largest absolute Gasteiger partial charge is 0.488 e. The standard InChI is InChI=1S/C18H20BrNO2S/c1-18(2,3)23(21)20-12-15-9-10-17(16(19)11-15)22-13-14-7-5-4-6-8-14/h4-12H,13H2,1-3H3/b20-12+/t23-/m1/s1. The first kappa shape index (κ1) is 17.9. The number of ether oxygens (including phenoxy) is 1. The van der Waals surface area contributed by atoms with Gasteiger partial charge in [0, 0.05) is 6.21 Å². The number of hydrogen-bond acceptors (Lipinski definition) is 2. The Hall–Kier alpha value is -1.46. The number of rotatable bonds is 5. The molecular weight excluding hydrogens is 374 g/mol. The van der Waals surface area contributed by atoms with Gasteiger partial charge in [-0.2, -0.15) is 4.40 Å². The lowest BCUT2D eigenvalue weighted by atomic mass is 10.2. The fourth-order valence-electron chi connectivity index (χ4n) is 1.72. The van der Waals surface area contributed by atoms with E-state index < -0.39 is 11.0 Å². The highest BCUT2D eigenvalue weighted by molar-refractivity contribution is 9.10. The second-order valence-corrected chi connectivity index (χ2v) is 8.85. The lowest BCUT2D eigenvalue weighted by Gasteiger charge is -2.12. The Morgan fingerprint density at radius 1 is 1.17 bits per heavy atom. The summed E-state index contributed by atoms with van der Waals surface area (Å²) in [6.45, 7) is 6.21. The summed E-state index contributed by atoms with van der Waals surface area (Å²) in [5.74, 6) is 0.767. The van der Waals surface area contributed by atoms with E-state index in [0.29, 0.717) is 6.61 Å². The summed E-state index contributed by atoms with van der Waals surface area (Å²) in [7, 11) is -1.26. The highest BCUT2D eigenvalue weighted by Gasteiger charge is 2.18. The Bertz CT molecular complexity index is 709. The fraction of sp³-hybridized carbons (Fsp3) is 0.278. The predicted molar refractivity (Wildman–Crippen MR) is 100 cm³/mol. The summed E-state index contributed by atoms with van der Waals surface area (Å²) in [4.78, 5) is 0. The van der Waals surface area contributed by atoms with Crippen LogP contribution in [0.15, 0.2) is 57.4 Å². The van der Waals surface area contributed by atoms with Crippen LogP contribution in [0.5, 0.6) is 5.75 Å². The van der Waals surface area contributed by atoms with Gasteiger partial charge in [-0.05, 0) is 66.0 Å². The highest BCUT2D eigenvalue weighted by atomic mass is 79.9. The van der Waals surface area contributed by atoms with Gasteiger partial charge in [-0.15, -0.1) is 0 Å². The molecule has 0 saturated heterocycles. The Labute approximate surface area is 148 Å². The van der Waals surface area contributed by atoms with E-state index in [-0.39, 0.29) is 4.75 Å². The van der Waals surface area contributed by atoms with Gasteiger partial charge in [0.05, 0.1) is 9.22 Å². The van der Waals surface area contributed by atoms with Crippen molar-refractivity contribution >= 4 is 33.1 Å². The maximum atomic E-state index is 11.9. The molecule has 0 N–H and O–H groups in total. The van der Waals surface area contributed by atoms with Gasteiger partial charge < -0.3 is 4.74 Å². The van der Waals surface area contributed by atoms with Crippen molar-refractivity contribution in [2.75, 3.05) is 0 Å². The van der Waals surface area contributed by atoms with Crippen molar-refractivity contribution in [1.29, 1.82) is 0 Å². The van der Waals surface area contributed by atoms with Crippen LogP contribution in [-0.2, 0) is 17.6 Å². The summed E-state index contributed by atoms with van der Waals surface area (Å²) in [5, 5.41) is 0. The van der Waals surface area contributed by atoms with E-state index in [4.69, 9.17) is 4.74 Å². The molecule has 0 heterocycles. The SMILES string of the molecule is CC(C)(C)[S@@](=O)/N=C/c1ccc(OCc2ccccc2)c(Br)c1. The van der Waals surface area contributed by atoms with Crippen molar-refractivity contribution in [2.24, 2.45) is 4.40 Å². The highest BCUT2D eigenvalue weighted by Crippen LogP contribution is 2.26. The smallest absolute Gasteiger partial charge is 0.144 e. The van der Waals surface area contributed by atoms with Crippen molar-refractivity contribution in [3.8, 4) is 5.75 Å². The molecule has 0 spiro atoms. The van der Waals surface area contributed by atoms with E-state index in [9.17, 15) is 4.21 Å². The Kier molecular flexibility index (Phi) is 6.13. The monoisotopic (exact) mass is 393 g/mol. The summed E-state index contributed by atoms with van der Waals surface area (Å²) < 4.78 is 22.3. The van der Waals surface area contributed by atoms with E-state index >= 15 is 0 Å². The molecule has 0 bridgehead atoms. The third-order valence-corrected chi connectivity index (χ3v) is 4.98. The molecule has 0 aromatic heterocycles. The zero-order valence-corrected chi connectivity index (χ0v) is 15.9. The molecular formula is C18H20BrNO2S. The molecule has 5 heteroatoms. The second kappa shape index (κ2) is 7.88. The number of halogens is 1. The molecule has 0 aliphatic heterocycles. The van der Waals surface area contributed by atoms with E-state index in [2.05, 4.69) is 20.3 Å². The zero-order chi connectivity index (χ0) is 16.9. The molecule has 0 aliphatic rings. The minimum atomic E-state index is -1.26. The molecule has 3 nitrogen and oxygen atoms in total. The van der Waals surface area contributed by atoms with E-state index in [1.807, 2.05) is 69.3 Å². The Morgan fingerprint density at radius 2 is 1.87 bits per heavy atom. The number of hydrogen-bond donors (Lipinski definition) is 0. The van der Waals surface area contributed by atoms with Crippen molar-refractivity contribution in [2.45, 2.75) is 32.1 Å². The molecule has 0 fully saturated rings. The Morgan fingerprint density at radius 3 is 2.48 bits per heavy atom.